The molecule has 1 rings (SSSR count). The van der Waals surface area contributed by atoms with E-state index in [4.69, 9.17) is 16.3 Å². The maximum atomic E-state index is 12.8. The van der Waals surface area contributed by atoms with E-state index >= 15 is 0 Å². The molecule has 0 saturated heterocycles. The number of aromatic nitrogens is 1. The molecule has 0 saturated carbocycles. The zero-order valence-corrected chi connectivity index (χ0v) is 10.2. The average Bonchev–Trinajstić information content (AvgIpc) is 2.21. The second-order valence-electron chi connectivity index (χ2n) is 3.41. The molecule has 0 fully saturated rings. The van der Waals surface area contributed by atoms with E-state index in [2.05, 4.69) is 4.98 Å². The first-order valence-electron chi connectivity index (χ1n) is 5.05. The molecule has 0 amide bonds. The van der Waals surface area contributed by atoms with Crippen LogP contribution in [-0.4, -0.2) is 17.6 Å². The Labute approximate surface area is 103 Å². The minimum Gasteiger partial charge on any atom is -0.466 e. The molecule has 0 spiro atoms. The van der Waals surface area contributed by atoms with Crippen molar-refractivity contribution in [3.05, 3.63) is 28.0 Å². The summed E-state index contributed by atoms with van der Waals surface area (Å²) in [7, 11) is 0. The van der Waals surface area contributed by atoms with Gasteiger partial charge in [-0.2, -0.15) is 0 Å². The van der Waals surface area contributed by atoms with Gasteiger partial charge >= 0.3 is 5.97 Å². The summed E-state index contributed by atoms with van der Waals surface area (Å²) in [4.78, 5) is 14.9. The maximum Gasteiger partial charge on any atom is 0.310 e. The largest absolute Gasteiger partial charge is 0.466 e. The van der Waals surface area contributed by atoms with E-state index in [-0.39, 0.29) is 23.7 Å². The van der Waals surface area contributed by atoms with Crippen LogP contribution in [0.2, 0.25) is 5.15 Å². The van der Waals surface area contributed by atoms with Gasteiger partial charge in [-0.05, 0) is 31.0 Å². The Morgan fingerprint density at radius 3 is 2.76 bits per heavy atom. The SMILES string of the molecule is CCOC(=O)Cc1c(C)cc(Cl)nc1C(F)F. The summed E-state index contributed by atoms with van der Waals surface area (Å²) in [6.45, 7) is 3.47. The Morgan fingerprint density at radius 2 is 2.24 bits per heavy atom. The fourth-order valence-corrected chi connectivity index (χ4v) is 1.70. The van der Waals surface area contributed by atoms with Crippen molar-refractivity contribution in [3.63, 3.8) is 0 Å². The van der Waals surface area contributed by atoms with E-state index in [1.807, 2.05) is 0 Å². The third-order valence-corrected chi connectivity index (χ3v) is 2.37. The highest BCUT2D eigenvalue weighted by atomic mass is 35.5. The van der Waals surface area contributed by atoms with Gasteiger partial charge in [0, 0.05) is 0 Å². The van der Waals surface area contributed by atoms with Gasteiger partial charge in [0.15, 0.2) is 0 Å². The number of ether oxygens (including phenoxy) is 1. The fraction of sp³-hybridized carbons (Fsp3) is 0.455. The minimum atomic E-state index is -2.77. The first-order chi connectivity index (χ1) is 7.95. The zero-order chi connectivity index (χ0) is 13.0. The van der Waals surface area contributed by atoms with Crippen LogP contribution in [0.5, 0.6) is 0 Å². The van der Waals surface area contributed by atoms with Crippen LogP contribution in [0.15, 0.2) is 6.07 Å². The van der Waals surface area contributed by atoms with Crippen molar-refractivity contribution in [1.29, 1.82) is 0 Å². The summed E-state index contributed by atoms with van der Waals surface area (Å²) in [6, 6.07) is 1.45. The lowest BCUT2D eigenvalue weighted by atomic mass is 10.0. The van der Waals surface area contributed by atoms with Gasteiger partial charge in [-0.1, -0.05) is 11.6 Å². The number of carbonyl (C=O) groups is 1. The second-order valence-corrected chi connectivity index (χ2v) is 3.80. The molecular formula is C11H12ClF2NO2. The van der Waals surface area contributed by atoms with Crippen molar-refractivity contribution in [1.82, 2.24) is 4.98 Å². The topological polar surface area (TPSA) is 39.2 Å². The molecule has 0 atom stereocenters. The van der Waals surface area contributed by atoms with E-state index in [9.17, 15) is 13.6 Å². The first-order valence-corrected chi connectivity index (χ1v) is 5.43. The molecule has 1 aromatic heterocycles. The van der Waals surface area contributed by atoms with Crippen LogP contribution < -0.4 is 0 Å². The lowest BCUT2D eigenvalue weighted by molar-refractivity contribution is -0.142. The van der Waals surface area contributed by atoms with E-state index in [0.717, 1.165) is 0 Å². The highest BCUT2D eigenvalue weighted by molar-refractivity contribution is 6.29. The molecule has 1 aromatic rings. The predicted octanol–water partition coefficient (Wildman–Crippen LogP) is 3.09. The van der Waals surface area contributed by atoms with Gasteiger partial charge < -0.3 is 4.74 Å². The molecule has 1 heterocycles. The number of pyridine rings is 1. The van der Waals surface area contributed by atoms with E-state index in [1.54, 1.807) is 13.8 Å². The Kier molecular flexibility index (Phi) is 4.81. The standard InChI is InChI=1S/C11H12ClF2NO2/c1-3-17-9(16)5-7-6(2)4-8(12)15-10(7)11(13)14/h4,11H,3,5H2,1-2H3. The van der Waals surface area contributed by atoms with Crippen molar-refractivity contribution < 1.29 is 18.3 Å². The molecule has 94 valence electrons. The summed E-state index contributed by atoms with van der Waals surface area (Å²) in [6.07, 6.45) is -2.99. The minimum absolute atomic E-state index is 0.00888. The molecular weight excluding hydrogens is 252 g/mol. The third-order valence-electron chi connectivity index (χ3n) is 2.18. The number of rotatable bonds is 4. The van der Waals surface area contributed by atoms with Crippen molar-refractivity contribution in [2.75, 3.05) is 6.61 Å². The Hall–Kier alpha value is -1.23. The summed E-state index contributed by atoms with van der Waals surface area (Å²) < 4.78 is 30.2. The summed E-state index contributed by atoms with van der Waals surface area (Å²) in [5, 5.41) is -0.00888. The van der Waals surface area contributed by atoms with E-state index in [1.165, 1.54) is 6.07 Å². The number of hydrogen-bond acceptors (Lipinski definition) is 3. The van der Waals surface area contributed by atoms with Crippen LogP contribution in [0.3, 0.4) is 0 Å². The monoisotopic (exact) mass is 263 g/mol. The highest BCUT2D eigenvalue weighted by Crippen LogP contribution is 2.26. The maximum absolute atomic E-state index is 12.8. The molecule has 0 aromatic carbocycles. The third kappa shape index (κ3) is 3.63. The van der Waals surface area contributed by atoms with Gasteiger partial charge in [-0.15, -0.1) is 0 Å². The van der Waals surface area contributed by atoms with Crippen LogP contribution in [0.1, 0.15) is 30.2 Å². The van der Waals surface area contributed by atoms with Gasteiger partial charge in [0.05, 0.1) is 13.0 Å². The van der Waals surface area contributed by atoms with Gasteiger partial charge in [0.25, 0.3) is 6.43 Å². The molecule has 0 radical (unpaired) electrons. The lowest BCUT2D eigenvalue weighted by Gasteiger charge is -2.11. The van der Waals surface area contributed by atoms with Crippen molar-refractivity contribution in [2.45, 2.75) is 26.7 Å². The van der Waals surface area contributed by atoms with Gasteiger partial charge in [0.1, 0.15) is 10.8 Å². The molecule has 3 nitrogen and oxygen atoms in total. The lowest BCUT2D eigenvalue weighted by Crippen LogP contribution is -2.12. The van der Waals surface area contributed by atoms with Crippen molar-refractivity contribution >= 4 is 17.6 Å². The number of esters is 1. The first kappa shape index (κ1) is 13.8. The highest BCUT2D eigenvalue weighted by Gasteiger charge is 2.20. The van der Waals surface area contributed by atoms with Crippen molar-refractivity contribution in [2.24, 2.45) is 0 Å². The number of nitrogens with zero attached hydrogens (tertiary/aromatic N) is 1. The predicted molar refractivity (Wildman–Crippen MR) is 59.3 cm³/mol. The number of alkyl halides is 2. The Bertz CT molecular complexity index is 424. The number of hydrogen-bond donors (Lipinski definition) is 0. The van der Waals surface area contributed by atoms with Gasteiger partial charge in [-0.3, -0.25) is 4.79 Å². The second kappa shape index (κ2) is 5.91. The summed E-state index contributed by atoms with van der Waals surface area (Å²) >= 11 is 5.60. The van der Waals surface area contributed by atoms with Crippen molar-refractivity contribution in [3.8, 4) is 0 Å². The fourth-order valence-electron chi connectivity index (χ4n) is 1.45. The molecule has 6 heteroatoms. The van der Waals surface area contributed by atoms with Crippen LogP contribution in [-0.2, 0) is 16.0 Å². The van der Waals surface area contributed by atoms with Crippen LogP contribution >= 0.6 is 11.6 Å². The molecule has 0 aliphatic rings. The Balaban J connectivity index is 3.08. The normalized spacial score (nSPS) is 10.7. The Morgan fingerprint density at radius 1 is 1.59 bits per heavy atom. The molecule has 0 bridgehead atoms. The van der Waals surface area contributed by atoms with Crippen LogP contribution in [0.25, 0.3) is 0 Å². The molecule has 17 heavy (non-hydrogen) atoms. The smallest absolute Gasteiger partial charge is 0.310 e. The van der Waals surface area contributed by atoms with Gasteiger partial charge in [-0.25, -0.2) is 13.8 Å². The number of halogens is 3. The molecule has 0 aliphatic carbocycles. The molecule has 0 N–H and O–H groups in total. The van der Waals surface area contributed by atoms with E-state index in [0.29, 0.717) is 5.56 Å². The summed E-state index contributed by atoms with van der Waals surface area (Å²) in [5.41, 5.74) is 0.235. The molecule has 0 unspecified atom stereocenters. The van der Waals surface area contributed by atoms with Gasteiger partial charge in [0.2, 0.25) is 0 Å². The number of carbonyl (C=O) groups excluding carboxylic acids is 1. The zero-order valence-electron chi connectivity index (χ0n) is 9.47. The quantitative estimate of drug-likeness (QED) is 0.619. The molecule has 0 aliphatic heterocycles. The van der Waals surface area contributed by atoms with Crippen LogP contribution in [0.4, 0.5) is 8.78 Å². The number of aryl methyl sites for hydroxylation is 1. The van der Waals surface area contributed by atoms with Crippen LogP contribution in [0, 0.1) is 6.92 Å². The van der Waals surface area contributed by atoms with E-state index < -0.39 is 18.1 Å². The average molecular weight is 264 g/mol. The summed E-state index contributed by atoms with van der Waals surface area (Å²) in [5.74, 6) is -0.554.